The second-order valence-corrected chi connectivity index (χ2v) is 1.98. The molecule has 1 aliphatic heterocycles. The van der Waals surface area contributed by atoms with Gasteiger partial charge >= 0.3 is 0 Å². The van der Waals surface area contributed by atoms with Crippen LogP contribution in [0.3, 0.4) is 0 Å². The van der Waals surface area contributed by atoms with E-state index in [-0.39, 0.29) is 0 Å². The first-order valence-electron chi connectivity index (χ1n) is 2.87. The molecule has 0 radical (unpaired) electrons. The Morgan fingerprint density at radius 1 is 1.64 bits per heavy atom. The lowest BCUT2D eigenvalue weighted by molar-refractivity contribution is -0.119. The maximum atomic E-state index is 11.9. The smallest absolute Gasteiger partial charge is 0.279 e. The average molecular weight is 161 g/mol. The highest BCUT2D eigenvalue weighted by atomic mass is 19.3. The number of nitrogens with zero attached hydrogens (tertiary/aromatic N) is 1. The molecular formula is C6H5F2NO2. The number of alkyl halides is 2. The van der Waals surface area contributed by atoms with Gasteiger partial charge in [-0.05, 0) is 0 Å². The zero-order chi connectivity index (χ0) is 8.43. The van der Waals surface area contributed by atoms with Crippen molar-refractivity contribution in [3.8, 4) is 0 Å². The van der Waals surface area contributed by atoms with Gasteiger partial charge < -0.3 is 5.11 Å². The summed E-state index contributed by atoms with van der Waals surface area (Å²) in [6.45, 7) is 0. The predicted molar refractivity (Wildman–Crippen MR) is 33.6 cm³/mol. The Morgan fingerprint density at radius 3 is 2.73 bits per heavy atom. The summed E-state index contributed by atoms with van der Waals surface area (Å²) >= 11 is 0. The van der Waals surface area contributed by atoms with Gasteiger partial charge in [-0.1, -0.05) is 0 Å². The van der Waals surface area contributed by atoms with Gasteiger partial charge in [0.05, 0.1) is 0 Å². The van der Waals surface area contributed by atoms with Crippen molar-refractivity contribution in [2.75, 3.05) is 0 Å². The minimum Gasteiger partial charge on any atom is -0.379 e. The fraction of sp³-hybridized carbons (Fsp3) is 0.333. The molecule has 60 valence electrons. The van der Waals surface area contributed by atoms with E-state index in [1.54, 1.807) is 0 Å². The summed E-state index contributed by atoms with van der Waals surface area (Å²) in [7, 11) is 0. The summed E-state index contributed by atoms with van der Waals surface area (Å²) in [5, 5.41) is 8.80. The molecule has 0 spiro atoms. The molecule has 0 fully saturated rings. The van der Waals surface area contributed by atoms with Crippen LogP contribution in [0.5, 0.6) is 0 Å². The third kappa shape index (κ3) is 1.48. The zero-order valence-corrected chi connectivity index (χ0v) is 5.37. The van der Waals surface area contributed by atoms with Crippen molar-refractivity contribution >= 4 is 11.5 Å². The number of carbonyl (C=O) groups excluding carboxylic acids is 1. The number of hydrogen-bond donors (Lipinski definition) is 1. The van der Waals surface area contributed by atoms with Crippen molar-refractivity contribution in [1.29, 1.82) is 0 Å². The van der Waals surface area contributed by atoms with Gasteiger partial charge in [0.2, 0.25) is 0 Å². The van der Waals surface area contributed by atoms with E-state index < -0.39 is 24.0 Å². The maximum absolute atomic E-state index is 11.9. The number of rotatable bonds is 1. The number of halogens is 2. The molecule has 1 unspecified atom stereocenters. The minimum atomic E-state index is -2.88. The first-order valence-corrected chi connectivity index (χ1v) is 2.87. The van der Waals surface area contributed by atoms with Crippen LogP contribution in [0.15, 0.2) is 17.3 Å². The number of ketones is 1. The van der Waals surface area contributed by atoms with E-state index in [1.165, 1.54) is 0 Å². The highest BCUT2D eigenvalue weighted by molar-refractivity contribution is 6.14. The minimum absolute atomic E-state index is 0.754. The topological polar surface area (TPSA) is 49.7 Å². The van der Waals surface area contributed by atoms with E-state index in [4.69, 9.17) is 5.11 Å². The lowest BCUT2D eigenvalue weighted by Gasteiger charge is -2.11. The first kappa shape index (κ1) is 8.00. The number of hydrogen-bond acceptors (Lipinski definition) is 3. The van der Waals surface area contributed by atoms with Crippen molar-refractivity contribution in [3.05, 3.63) is 12.3 Å². The van der Waals surface area contributed by atoms with Gasteiger partial charge in [-0.2, -0.15) is 0 Å². The second kappa shape index (κ2) is 2.87. The summed E-state index contributed by atoms with van der Waals surface area (Å²) < 4.78 is 23.7. The molecule has 0 bridgehead atoms. The molecule has 1 rings (SSSR count). The molecule has 0 aromatic heterocycles. The van der Waals surface area contributed by atoms with Crippen molar-refractivity contribution < 1.29 is 18.7 Å². The van der Waals surface area contributed by atoms with Crippen molar-refractivity contribution in [1.82, 2.24) is 0 Å². The average Bonchev–Trinajstić information content (AvgIpc) is 1.94. The summed E-state index contributed by atoms with van der Waals surface area (Å²) in [6.07, 6.45) is -2.73. The molecule has 0 aromatic carbocycles. The van der Waals surface area contributed by atoms with E-state index >= 15 is 0 Å². The predicted octanol–water partition coefficient (Wildman–Crippen LogP) is 0.150. The monoisotopic (exact) mass is 161 g/mol. The van der Waals surface area contributed by atoms with Crippen LogP contribution in [0, 0.1) is 0 Å². The number of aliphatic hydroxyl groups is 1. The van der Waals surface area contributed by atoms with Crippen LogP contribution in [0.4, 0.5) is 8.78 Å². The molecule has 1 atom stereocenters. The molecule has 11 heavy (non-hydrogen) atoms. The molecule has 1 heterocycles. The van der Waals surface area contributed by atoms with Crippen molar-refractivity contribution in [2.24, 2.45) is 4.99 Å². The first-order chi connectivity index (χ1) is 5.13. The highest BCUT2D eigenvalue weighted by Crippen LogP contribution is 2.07. The Kier molecular flexibility index (Phi) is 2.09. The van der Waals surface area contributed by atoms with Crippen LogP contribution >= 0.6 is 0 Å². The molecule has 0 aromatic rings. The Labute approximate surface area is 61.1 Å². The molecule has 0 amide bonds. The van der Waals surface area contributed by atoms with Gasteiger partial charge in [0.1, 0.15) is 5.71 Å². The maximum Gasteiger partial charge on any atom is 0.279 e. The number of carbonyl (C=O) groups is 1. The Balaban J connectivity index is 2.87. The van der Waals surface area contributed by atoms with Gasteiger partial charge in [0.15, 0.2) is 11.9 Å². The van der Waals surface area contributed by atoms with Gasteiger partial charge in [-0.3, -0.25) is 9.79 Å². The van der Waals surface area contributed by atoms with Gasteiger partial charge in [0, 0.05) is 12.3 Å². The normalized spacial score (nSPS) is 24.2. The van der Waals surface area contributed by atoms with E-state index in [1.807, 2.05) is 0 Å². The van der Waals surface area contributed by atoms with E-state index in [9.17, 15) is 13.6 Å². The Morgan fingerprint density at radius 2 is 2.27 bits per heavy atom. The largest absolute Gasteiger partial charge is 0.379 e. The Bertz CT molecular complexity index is 235. The summed E-state index contributed by atoms with van der Waals surface area (Å²) in [4.78, 5) is 13.7. The van der Waals surface area contributed by atoms with Crippen LogP contribution in [0.1, 0.15) is 0 Å². The lowest BCUT2D eigenvalue weighted by atomic mass is 10.1. The zero-order valence-electron chi connectivity index (χ0n) is 5.37. The van der Waals surface area contributed by atoms with E-state index in [0.29, 0.717) is 0 Å². The SMILES string of the molecule is O=C1C=CN=C(C(F)F)C1O. The number of aliphatic imine (C=N–C) groups is 1. The molecule has 0 saturated heterocycles. The van der Waals surface area contributed by atoms with Crippen LogP contribution in [0.2, 0.25) is 0 Å². The molecule has 1 aliphatic rings. The lowest BCUT2D eigenvalue weighted by Crippen LogP contribution is -2.35. The van der Waals surface area contributed by atoms with E-state index in [2.05, 4.69) is 4.99 Å². The standard InChI is InChI=1S/C6H5F2NO2/c7-6(8)4-5(11)3(10)1-2-9-4/h1-2,5-6,11H. The van der Waals surface area contributed by atoms with Crippen LogP contribution in [0.25, 0.3) is 0 Å². The second-order valence-electron chi connectivity index (χ2n) is 1.98. The van der Waals surface area contributed by atoms with Gasteiger partial charge in [-0.25, -0.2) is 8.78 Å². The molecule has 5 heteroatoms. The van der Waals surface area contributed by atoms with Crippen LogP contribution in [-0.4, -0.2) is 29.1 Å². The van der Waals surface area contributed by atoms with Crippen LogP contribution in [-0.2, 0) is 4.79 Å². The summed E-state index contributed by atoms with van der Waals surface area (Å²) in [5.41, 5.74) is -0.780. The van der Waals surface area contributed by atoms with E-state index in [0.717, 1.165) is 12.3 Å². The quantitative estimate of drug-likeness (QED) is 0.595. The fourth-order valence-corrected chi connectivity index (χ4v) is 0.680. The number of aliphatic hydroxyl groups excluding tert-OH is 1. The van der Waals surface area contributed by atoms with Crippen molar-refractivity contribution in [2.45, 2.75) is 12.5 Å². The summed E-state index contributed by atoms with van der Waals surface area (Å²) in [5.74, 6) is -0.754. The fourth-order valence-electron chi connectivity index (χ4n) is 0.680. The van der Waals surface area contributed by atoms with Gasteiger partial charge in [0.25, 0.3) is 6.43 Å². The van der Waals surface area contributed by atoms with Crippen molar-refractivity contribution in [3.63, 3.8) is 0 Å². The van der Waals surface area contributed by atoms with Crippen LogP contribution < -0.4 is 0 Å². The molecule has 0 aliphatic carbocycles. The van der Waals surface area contributed by atoms with Gasteiger partial charge in [-0.15, -0.1) is 0 Å². The third-order valence-corrected chi connectivity index (χ3v) is 1.24. The third-order valence-electron chi connectivity index (χ3n) is 1.24. The molecule has 1 N–H and O–H groups in total. The molecular weight excluding hydrogens is 156 g/mol. The summed E-state index contributed by atoms with van der Waals surface area (Å²) in [6, 6.07) is 0. The molecule has 3 nitrogen and oxygen atoms in total. The molecule has 0 saturated carbocycles. The Hall–Kier alpha value is -1.10. The highest BCUT2D eigenvalue weighted by Gasteiger charge is 2.28.